The Bertz CT molecular complexity index is 222. The van der Waals surface area contributed by atoms with E-state index < -0.39 is 24.3 Å². The maximum atomic E-state index is 10.8. The Hall–Kier alpha value is -0.530. The number of rotatable bonds is 1. The van der Waals surface area contributed by atoms with Gasteiger partial charge in [0.05, 0.1) is 0 Å². The molecule has 2 atom stereocenters. The van der Waals surface area contributed by atoms with Gasteiger partial charge in [0.2, 0.25) is 0 Å². The van der Waals surface area contributed by atoms with Gasteiger partial charge in [0.15, 0.2) is 0 Å². The largest absolute Gasteiger partial charge is 0.462 e. The quantitative estimate of drug-likeness (QED) is 0.552. The lowest BCUT2D eigenvalue weighted by Gasteiger charge is -2.27. The van der Waals surface area contributed by atoms with Crippen LogP contribution in [0.15, 0.2) is 0 Å². The Balaban J connectivity index is 2.85. The van der Waals surface area contributed by atoms with Crippen molar-refractivity contribution in [1.82, 2.24) is 0 Å². The van der Waals surface area contributed by atoms with Crippen molar-refractivity contribution in [2.24, 2.45) is 5.89 Å². The van der Waals surface area contributed by atoms with Crippen LogP contribution in [0, 0.1) is 5.89 Å². The Morgan fingerprint density at radius 3 is 3.00 bits per heavy atom. The van der Waals surface area contributed by atoms with Crippen molar-refractivity contribution in [1.29, 1.82) is 0 Å². The van der Waals surface area contributed by atoms with E-state index in [1.54, 1.807) is 6.92 Å². The fourth-order valence-electron chi connectivity index (χ4n) is 1.21. The van der Waals surface area contributed by atoms with Crippen LogP contribution in [0.25, 0.3) is 0 Å². The van der Waals surface area contributed by atoms with Gasteiger partial charge in [-0.25, -0.2) is 0 Å². The van der Waals surface area contributed by atoms with E-state index in [0.717, 1.165) is 0 Å². The van der Waals surface area contributed by atoms with Crippen LogP contribution in [0.2, 0.25) is 0 Å². The molecule has 0 radical (unpaired) electrons. The lowest BCUT2D eigenvalue weighted by Crippen LogP contribution is -2.27. The lowest BCUT2D eigenvalue weighted by atomic mass is 9.88. The second kappa shape index (κ2) is 3.74. The molecule has 0 bridgehead atoms. The highest BCUT2D eigenvalue weighted by molar-refractivity contribution is 5.66. The number of carbonyl (C=O) groups excluding carboxylic acids is 1. The summed E-state index contributed by atoms with van der Waals surface area (Å²) in [6.45, 7) is 2.87. The molecular weight excluding hydrogens is 140 g/mol. The summed E-state index contributed by atoms with van der Waals surface area (Å²) < 4.78 is 28.2. The summed E-state index contributed by atoms with van der Waals surface area (Å²) in [4.78, 5) is 10.8. The van der Waals surface area contributed by atoms with E-state index in [1.807, 2.05) is 0 Å². The van der Waals surface area contributed by atoms with Crippen LogP contribution >= 0.6 is 0 Å². The second-order valence-corrected chi connectivity index (χ2v) is 2.89. The third-order valence-corrected chi connectivity index (χ3v) is 1.81. The highest BCUT2D eigenvalue weighted by Gasteiger charge is 2.23. The third kappa shape index (κ3) is 2.52. The summed E-state index contributed by atoms with van der Waals surface area (Å²) in [5.41, 5.74) is 0. The van der Waals surface area contributed by atoms with Crippen LogP contribution in [0.3, 0.4) is 0 Å². The Morgan fingerprint density at radius 1 is 1.73 bits per heavy atom. The van der Waals surface area contributed by atoms with Crippen LogP contribution in [-0.4, -0.2) is 12.1 Å². The zero-order chi connectivity index (χ0) is 11.0. The zero-order valence-electron chi connectivity index (χ0n) is 10.0. The molecule has 0 amide bonds. The maximum absolute atomic E-state index is 10.8. The van der Waals surface area contributed by atoms with Gasteiger partial charge in [-0.3, -0.25) is 4.79 Å². The van der Waals surface area contributed by atoms with Crippen molar-refractivity contribution in [3.63, 3.8) is 0 Å². The standard InChI is InChI=1S/C9H16O2/c1-7-5-3-4-6-9(7)11-8(2)10/h7,9H,3-6H2,1-2H3/t7-,9+/m1/s1/i6T2,7T. The fourth-order valence-corrected chi connectivity index (χ4v) is 1.21. The molecule has 11 heavy (non-hydrogen) atoms. The molecule has 0 spiro atoms. The van der Waals surface area contributed by atoms with Gasteiger partial charge in [-0.1, -0.05) is 13.3 Å². The predicted molar refractivity (Wildman–Crippen MR) is 43.2 cm³/mol. The molecule has 2 heteroatoms. The first-order valence-electron chi connectivity index (χ1n) is 5.43. The Morgan fingerprint density at radius 2 is 2.45 bits per heavy atom. The van der Waals surface area contributed by atoms with E-state index in [2.05, 4.69) is 0 Å². The van der Waals surface area contributed by atoms with Crippen molar-refractivity contribution in [2.45, 2.75) is 45.6 Å². The molecule has 0 aromatic heterocycles. The van der Waals surface area contributed by atoms with Gasteiger partial charge in [0, 0.05) is 11.0 Å². The topological polar surface area (TPSA) is 26.3 Å². The monoisotopic (exact) mass is 162 g/mol. The summed E-state index contributed by atoms with van der Waals surface area (Å²) in [7, 11) is 0. The minimum atomic E-state index is -1.57. The van der Waals surface area contributed by atoms with Crippen LogP contribution < -0.4 is 0 Å². The molecule has 0 aliphatic heterocycles. The van der Waals surface area contributed by atoms with Gasteiger partial charge in [0.25, 0.3) is 0 Å². The number of hydrogen-bond donors (Lipinski definition) is 0. The highest BCUT2D eigenvalue weighted by Crippen LogP contribution is 2.26. The minimum absolute atomic E-state index is 0.361. The molecule has 0 aromatic carbocycles. The van der Waals surface area contributed by atoms with Crippen molar-refractivity contribution in [2.75, 3.05) is 0 Å². The van der Waals surface area contributed by atoms with E-state index in [4.69, 9.17) is 8.85 Å². The van der Waals surface area contributed by atoms with Gasteiger partial charge in [0.1, 0.15) is 6.10 Å². The van der Waals surface area contributed by atoms with Gasteiger partial charge >= 0.3 is 5.97 Å². The number of hydrogen-bond acceptors (Lipinski definition) is 2. The average molecular weight is 162 g/mol. The minimum Gasteiger partial charge on any atom is -0.462 e. The van der Waals surface area contributed by atoms with Gasteiger partial charge in [-0.15, -0.1) is 0 Å². The van der Waals surface area contributed by atoms with Gasteiger partial charge < -0.3 is 4.74 Å². The molecule has 1 fully saturated rings. The molecule has 1 aliphatic carbocycles. The van der Waals surface area contributed by atoms with E-state index >= 15 is 0 Å². The van der Waals surface area contributed by atoms with Crippen LogP contribution in [0.1, 0.15) is 43.6 Å². The molecule has 0 saturated heterocycles. The summed E-state index contributed by atoms with van der Waals surface area (Å²) in [6.07, 6.45) is -0.907. The molecule has 1 rings (SSSR count). The molecular formula is C9H16O2. The van der Waals surface area contributed by atoms with Crippen LogP contribution in [0.4, 0.5) is 0 Å². The van der Waals surface area contributed by atoms with E-state index in [1.165, 1.54) is 6.92 Å². The summed E-state index contributed by atoms with van der Waals surface area (Å²) >= 11 is 0. The van der Waals surface area contributed by atoms with Crippen LogP contribution in [-0.2, 0) is 9.53 Å². The van der Waals surface area contributed by atoms with Gasteiger partial charge in [-0.05, 0) is 25.1 Å². The van der Waals surface area contributed by atoms with Crippen LogP contribution in [0.5, 0.6) is 0 Å². The van der Waals surface area contributed by atoms with Gasteiger partial charge in [-0.2, -0.15) is 0 Å². The fraction of sp³-hybridized carbons (Fsp3) is 0.889. The van der Waals surface area contributed by atoms with Crippen molar-refractivity contribution in [3.05, 3.63) is 0 Å². The highest BCUT2D eigenvalue weighted by atomic mass is 16.5. The normalized spacial score (nSPS) is 46.7. The molecule has 0 N–H and O–H groups in total. The first kappa shape index (κ1) is 5.18. The lowest BCUT2D eigenvalue weighted by molar-refractivity contribution is -0.150. The molecule has 2 nitrogen and oxygen atoms in total. The molecule has 0 unspecified atom stereocenters. The maximum Gasteiger partial charge on any atom is 0.302 e. The summed E-state index contributed by atoms with van der Waals surface area (Å²) in [6, 6.07) is 0. The molecule has 0 heterocycles. The molecule has 64 valence electrons. The van der Waals surface area contributed by atoms with Crippen molar-refractivity contribution < 1.29 is 13.6 Å². The second-order valence-electron chi connectivity index (χ2n) is 2.89. The average Bonchev–Trinajstić information content (AvgIpc) is 1.96. The number of carbonyl (C=O) groups is 1. The zero-order valence-corrected chi connectivity index (χ0v) is 7.02. The van der Waals surface area contributed by atoms with E-state index in [0.29, 0.717) is 19.3 Å². The SMILES string of the molecule is [3H]C1([3H])CCC[C@@]([3H])(C)[C@H]1OC(C)=O. The Labute approximate surface area is 72.1 Å². The van der Waals surface area contributed by atoms with Crippen molar-refractivity contribution >= 4 is 5.97 Å². The van der Waals surface area contributed by atoms with E-state index in [9.17, 15) is 4.79 Å². The summed E-state index contributed by atoms with van der Waals surface area (Å²) in [5.74, 6) is -1.52. The number of ether oxygens (including phenoxy) is 1. The first-order chi connectivity index (χ1) is 6.26. The smallest absolute Gasteiger partial charge is 0.302 e. The molecule has 1 saturated carbocycles. The third-order valence-electron chi connectivity index (χ3n) is 1.81. The predicted octanol–water partition coefficient (Wildman–Crippen LogP) is 2.13. The molecule has 0 aromatic rings. The van der Waals surface area contributed by atoms with E-state index in [-0.39, 0.29) is 0 Å². The van der Waals surface area contributed by atoms with Crippen molar-refractivity contribution in [3.8, 4) is 0 Å². The first-order valence-corrected chi connectivity index (χ1v) is 3.93. The molecule has 1 aliphatic rings. The number of esters is 1. The Kier molecular flexibility index (Phi) is 1.76. The summed E-state index contributed by atoms with van der Waals surface area (Å²) in [5, 5.41) is 0.